The number of amides is 2. The number of hydrogen-bond acceptors (Lipinski definition) is 3. The Morgan fingerprint density at radius 3 is 2.33 bits per heavy atom. The number of nitrogens with one attached hydrogen (secondary N) is 2. The number of rotatable bonds is 8. The van der Waals surface area contributed by atoms with Crippen LogP contribution in [0.4, 0.5) is 4.79 Å². The van der Waals surface area contributed by atoms with Crippen molar-refractivity contribution in [1.29, 1.82) is 0 Å². The molecule has 0 saturated heterocycles. The second-order valence-corrected chi connectivity index (χ2v) is 4.32. The zero-order chi connectivity index (χ0) is 14.1. The molecule has 0 aliphatic rings. The lowest BCUT2D eigenvalue weighted by Gasteiger charge is -2.21. The van der Waals surface area contributed by atoms with E-state index in [2.05, 4.69) is 10.6 Å². The summed E-state index contributed by atoms with van der Waals surface area (Å²) in [6.07, 6.45) is 0.597. The lowest BCUT2D eigenvalue weighted by atomic mass is 9.99. The minimum absolute atomic E-state index is 0.0902. The Kier molecular flexibility index (Phi) is 8.11. The van der Waals surface area contributed by atoms with Crippen LogP contribution >= 0.6 is 0 Å². The Labute approximate surface area is 108 Å². The van der Waals surface area contributed by atoms with E-state index in [9.17, 15) is 9.59 Å². The highest BCUT2D eigenvalue weighted by Gasteiger charge is 2.25. The van der Waals surface area contributed by atoms with Gasteiger partial charge in [0.25, 0.3) is 0 Å². The van der Waals surface area contributed by atoms with Gasteiger partial charge in [0.2, 0.25) is 0 Å². The summed E-state index contributed by atoms with van der Waals surface area (Å²) in [5.74, 6) is -1.13. The predicted molar refractivity (Wildman–Crippen MR) is 68.5 cm³/mol. The maximum absolute atomic E-state index is 11.5. The standard InChI is InChI=1S/C12H24N2O4/c1-5-8(3)10(11(15)16)14-12(17)13-7-9(4)18-6-2/h8-10H,5-7H2,1-4H3,(H,15,16)(H2,13,14,17)/t8-,9?,10-/m0/s1. The molecule has 0 fully saturated rings. The molecule has 0 aromatic rings. The smallest absolute Gasteiger partial charge is 0.326 e. The van der Waals surface area contributed by atoms with Crippen LogP contribution in [0.5, 0.6) is 0 Å². The SMILES string of the molecule is CCOC(C)CNC(=O)N[C@H](C(=O)O)[C@@H](C)CC. The number of carboxylic acids is 1. The van der Waals surface area contributed by atoms with Crippen LogP contribution in [-0.2, 0) is 9.53 Å². The Hall–Kier alpha value is -1.30. The van der Waals surface area contributed by atoms with E-state index in [-0.39, 0.29) is 12.0 Å². The number of aliphatic carboxylic acids is 1. The first-order valence-corrected chi connectivity index (χ1v) is 6.31. The maximum atomic E-state index is 11.5. The highest BCUT2D eigenvalue weighted by atomic mass is 16.5. The van der Waals surface area contributed by atoms with Crippen molar-refractivity contribution in [3.8, 4) is 0 Å². The van der Waals surface area contributed by atoms with Gasteiger partial charge in [0, 0.05) is 13.2 Å². The molecule has 3 atom stereocenters. The Bertz CT molecular complexity index is 271. The molecule has 0 aromatic heterocycles. The van der Waals surface area contributed by atoms with Gasteiger partial charge in [-0.05, 0) is 19.8 Å². The van der Waals surface area contributed by atoms with Crippen LogP contribution < -0.4 is 10.6 Å². The number of carbonyl (C=O) groups excluding carboxylic acids is 1. The van der Waals surface area contributed by atoms with E-state index in [0.717, 1.165) is 0 Å². The number of carboxylic acid groups (broad SMARTS) is 1. The summed E-state index contributed by atoms with van der Waals surface area (Å²) < 4.78 is 5.25. The van der Waals surface area contributed by atoms with Gasteiger partial charge in [-0.2, -0.15) is 0 Å². The zero-order valence-electron chi connectivity index (χ0n) is 11.5. The molecule has 3 N–H and O–H groups in total. The lowest BCUT2D eigenvalue weighted by Crippen LogP contribution is -2.50. The van der Waals surface area contributed by atoms with Crippen LogP contribution in [0.1, 0.15) is 34.1 Å². The molecule has 106 valence electrons. The van der Waals surface area contributed by atoms with Gasteiger partial charge in [-0.3, -0.25) is 0 Å². The van der Waals surface area contributed by atoms with Crippen LogP contribution in [0.2, 0.25) is 0 Å². The monoisotopic (exact) mass is 260 g/mol. The first kappa shape index (κ1) is 16.7. The zero-order valence-corrected chi connectivity index (χ0v) is 11.5. The fourth-order valence-electron chi connectivity index (χ4n) is 1.46. The van der Waals surface area contributed by atoms with Crippen molar-refractivity contribution in [1.82, 2.24) is 10.6 Å². The molecule has 18 heavy (non-hydrogen) atoms. The number of carbonyl (C=O) groups is 2. The first-order chi connectivity index (χ1) is 8.42. The van der Waals surface area contributed by atoms with Crippen molar-refractivity contribution in [3.63, 3.8) is 0 Å². The number of ether oxygens (including phenoxy) is 1. The fraction of sp³-hybridized carbons (Fsp3) is 0.833. The van der Waals surface area contributed by atoms with E-state index in [1.54, 1.807) is 6.92 Å². The molecule has 1 unspecified atom stereocenters. The summed E-state index contributed by atoms with van der Waals surface area (Å²) in [7, 11) is 0. The topological polar surface area (TPSA) is 87.7 Å². The molecule has 6 nitrogen and oxygen atoms in total. The largest absolute Gasteiger partial charge is 0.480 e. The maximum Gasteiger partial charge on any atom is 0.326 e. The molecule has 0 spiro atoms. The van der Waals surface area contributed by atoms with Crippen LogP contribution in [0.25, 0.3) is 0 Å². The molecular formula is C12H24N2O4. The molecule has 0 saturated carbocycles. The second-order valence-electron chi connectivity index (χ2n) is 4.32. The normalized spacial score (nSPS) is 15.6. The van der Waals surface area contributed by atoms with Gasteiger partial charge in [-0.25, -0.2) is 9.59 Å². The molecule has 0 aromatic carbocycles. The van der Waals surface area contributed by atoms with Crippen LogP contribution in [-0.4, -0.2) is 42.4 Å². The van der Waals surface area contributed by atoms with E-state index in [1.165, 1.54) is 0 Å². The third-order valence-corrected chi connectivity index (χ3v) is 2.77. The summed E-state index contributed by atoms with van der Waals surface area (Å²) in [5.41, 5.74) is 0. The molecule has 2 amide bonds. The van der Waals surface area contributed by atoms with Crippen molar-refractivity contribution in [2.75, 3.05) is 13.2 Å². The van der Waals surface area contributed by atoms with Gasteiger partial charge in [0.05, 0.1) is 6.10 Å². The van der Waals surface area contributed by atoms with E-state index in [4.69, 9.17) is 9.84 Å². The van der Waals surface area contributed by atoms with Crippen LogP contribution in [0.3, 0.4) is 0 Å². The first-order valence-electron chi connectivity index (χ1n) is 6.31. The average Bonchev–Trinajstić information content (AvgIpc) is 2.32. The average molecular weight is 260 g/mol. The second kappa shape index (κ2) is 8.74. The molecule has 0 bridgehead atoms. The van der Waals surface area contributed by atoms with Crippen LogP contribution in [0.15, 0.2) is 0 Å². The molecule has 6 heteroatoms. The molecule has 0 rings (SSSR count). The Balaban J connectivity index is 4.14. The van der Waals surface area contributed by atoms with Gasteiger partial charge in [0.15, 0.2) is 0 Å². The summed E-state index contributed by atoms with van der Waals surface area (Å²) in [5, 5.41) is 14.1. The number of hydrogen-bond donors (Lipinski definition) is 3. The summed E-state index contributed by atoms with van der Waals surface area (Å²) >= 11 is 0. The Morgan fingerprint density at radius 1 is 1.28 bits per heavy atom. The van der Waals surface area contributed by atoms with Gasteiger partial charge in [-0.1, -0.05) is 20.3 Å². The van der Waals surface area contributed by atoms with Crippen molar-refractivity contribution in [3.05, 3.63) is 0 Å². The van der Waals surface area contributed by atoms with E-state index in [0.29, 0.717) is 19.6 Å². The number of urea groups is 1. The molecule has 0 radical (unpaired) electrons. The van der Waals surface area contributed by atoms with E-state index < -0.39 is 18.0 Å². The molecule has 0 aliphatic carbocycles. The third-order valence-electron chi connectivity index (χ3n) is 2.77. The fourth-order valence-corrected chi connectivity index (χ4v) is 1.46. The van der Waals surface area contributed by atoms with Gasteiger partial charge >= 0.3 is 12.0 Å². The molecular weight excluding hydrogens is 236 g/mol. The minimum atomic E-state index is -1.02. The Morgan fingerprint density at radius 2 is 1.89 bits per heavy atom. The van der Waals surface area contributed by atoms with E-state index >= 15 is 0 Å². The van der Waals surface area contributed by atoms with Crippen molar-refractivity contribution >= 4 is 12.0 Å². The molecule has 0 aliphatic heterocycles. The predicted octanol–water partition coefficient (Wildman–Crippen LogP) is 1.21. The molecule has 0 heterocycles. The van der Waals surface area contributed by atoms with Gasteiger partial charge < -0.3 is 20.5 Å². The highest BCUT2D eigenvalue weighted by Crippen LogP contribution is 2.07. The quantitative estimate of drug-likeness (QED) is 0.612. The summed E-state index contributed by atoms with van der Waals surface area (Å²) in [6.45, 7) is 8.33. The minimum Gasteiger partial charge on any atom is -0.480 e. The summed E-state index contributed by atoms with van der Waals surface area (Å²) in [4.78, 5) is 22.6. The van der Waals surface area contributed by atoms with E-state index in [1.807, 2.05) is 20.8 Å². The highest BCUT2D eigenvalue weighted by molar-refractivity contribution is 5.82. The third kappa shape index (κ3) is 6.44. The van der Waals surface area contributed by atoms with Crippen molar-refractivity contribution in [2.24, 2.45) is 5.92 Å². The van der Waals surface area contributed by atoms with Crippen molar-refractivity contribution < 1.29 is 19.4 Å². The van der Waals surface area contributed by atoms with Crippen LogP contribution in [0, 0.1) is 5.92 Å². The summed E-state index contributed by atoms with van der Waals surface area (Å²) in [6, 6.07) is -1.34. The van der Waals surface area contributed by atoms with Crippen molar-refractivity contribution in [2.45, 2.75) is 46.3 Å². The van der Waals surface area contributed by atoms with Gasteiger partial charge in [0.1, 0.15) is 6.04 Å². The lowest BCUT2D eigenvalue weighted by molar-refractivity contribution is -0.140. The van der Waals surface area contributed by atoms with Gasteiger partial charge in [-0.15, -0.1) is 0 Å².